The van der Waals surface area contributed by atoms with Gasteiger partial charge in [-0.2, -0.15) is 5.26 Å². The number of anilines is 3. The number of hydrogen-bond donors (Lipinski definition) is 0. The zero-order valence-corrected chi connectivity index (χ0v) is 17.1. The summed E-state index contributed by atoms with van der Waals surface area (Å²) in [6.07, 6.45) is 0. The Hall–Kier alpha value is -3.13. The first-order valence-electron chi connectivity index (χ1n) is 9.26. The molecule has 0 saturated heterocycles. The zero-order valence-electron chi connectivity index (χ0n) is 15.4. The van der Waals surface area contributed by atoms with Crippen LogP contribution in [-0.2, 0) is 0 Å². The molecule has 0 saturated carbocycles. The Morgan fingerprint density at radius 1 is 0.655 bits per heavy atom. The average Bonchev–Trinajstić information content (AvgIpc) is 2.78. The number of fused-ring (bicyclic) bond motifs is 2. The van der Waals surface area contributed by atoms with Crippen molar-refractivity contribution in [1.29, 1.82) is 5.26 Å². The molecule has 0 atom stereocenters. The van der Waals surface area contributed by atoms with Crippen LogP contribution in [0.1, 0.15) is 5.56 Å². The van der Waals surface area contributed by atoms with Crippen molar-refractivity contribution in [2.24, 2.45) is 0 Å². The Bertz CT molecular complexity index is 1180. The van der Waals surface area contributed by atoms with E-state index in [1.165, 1.54) is 26.1 Å². The minimum atomic E-state index is 0.679. The maximum atomic E-state index is 9.05. The van der Waals surface area contributed by atoms with Gasteiger partial charge in [0.15, 0.2) is 0 Å². The fraction of sp³-hybridized carbons (Fsp3) is 0. The van der Waals surface area contributed by atoms with Crippen molar-refractivity contribution in [3.63, 3.8) is 0 Å². The van der Waals surface area contributed by atoms with Gasteiger partial charge >= 0.3 is 0 Å². The molecule has 29 heavy (non-hydrogen) atoms. The first-order valence-corrected chi connectivity index (χ1v) is 10.9. The molecule has 2 nitrogen and oxygen atoms in total. The number of hydrogen-bond acceptors (Lipinski definition) is 4. The molecule has 4 aromatic carbocycles. The molecule has 1 aliphatic rings. The van der Waals surface area contributed by atoms with E-state index in [4.69, 9.17) is 5.26 Å². The second-order valence-electron chi connectivity index (χ2n) is 6.58. The molecule has 138 valence electrons. The lowest BCUT2D eigenvalue weighted by molar-refractivity contribution is 1.14. The van der Waals surface area contributed by atoms with Gasteiger partial charge in [0.05, 0.1) is 28.7 Å². The molecular formula is C25H16N2S2. The van der Waals surface area contributed by atoms with Crippen molar-refractivity contribution in [3.05, 3.63) is 103 Å². The Morgan fingerprint density at radius 3 is 1.83 bits per heavy atom. The summed E-state index contributed by atoms with van der Waals surface area (Å²) in [6, 6.07) is 35.5. The van der Waals surface area contributed by atoms with Crippen molar-refractivity contribution >= 4 is 40.6 Å². The van der Waals surface area contributed by atoms with Gasteiger partial charge in [0, 0.05) is 19.6 Å². The summed E-state index contributed by atoms with van der Waals surface area (Å²) < 4.78 is 0. The van der Waals surface area contributed by atoms with Crippen LogP contribution in [-0.4, -0.2) is 0 Å². The monoisotopic (exact) mass is 408 g/mol. The van der Waals surface area contributed by atoms with Gasteiger partial charge in [-0.3, -0.25) is 0 Å². The number of para-hydroxylation sites is 3. The van der Waals surface area contributed by atoms with Gasteiger partial charge in [0.2, 0.25) is 0 Å². The smallest absolute Gasteiger partial charge is 0.0991 e. The Morgan fingerprint density at radius 2 is 1.21 bits per heavy atom. The SMILES string of the molecule is N#Cc1ccc(Sc2ccccc2N2c3ccccc3Sc3ccccc32)cc1. The highest BCUT2D eigenvalue weighted by molar-refractivity contribution is 8.00. The molecule has 1 aliphatic heterocycles. The largest absolute Gasteiger partial charge is 0.307 e. The summed E-state index contributed by atoms with van der Waals surface area (Å²) in [5, 5.41) is 9.05. The predicted octanol–water partition coefficient (Wildman–Crippen LogP) is 7.64. The molecule has 0 amide bonds. The summed E-state index contributed by atoms with van der Waals surface area (Å²) in [6.45, 7) is 0. The maximum Gasteiger partial charge on any atom is 0.0991 e. The molecule has 0 radical (unpaired) electrons. The molecule has 0 fully saturated rings. The molecule has 5 rings (SSSR count). The summed E-state index contributed by atoms with van der Waals surface area (Å²) in [5.41, 5.74) is 4.23. The molecule has 1 heterocycles. The standard InChI is InChI=1S/C25H16N2S2/c26-17-18-13-15-19(16-14-18)28-23-10-4-1-7-20(23)27-21-8-2-5-11-24(21)29-25-12-6-3-9-22(25)27/h1-16H. The lowest BCUT2D eigenvalue weighted by atomic mass is 10.2. The van der Waals surface area contributed by atoms with Crippen molar-refractivity contribution in [3.8, 4) is 6.07 Å². The highest BCUT2D eigenvalue weighted by atomic mass is 32.2. The third-order valence-corrected chi connectivity index (χ3v) is 6.95. The zero-order chi connectivity index (χ0) is 19.6. The summed E-state index contributed by atoms with van der Waals surface area (Å²) >= 11 is 3.53. The number of rotatable bonds is 3. The van der Waals surface area contributed by atoms with E-state index >= 15 is 0 Å². The molecule has 0 aliphatic carbocycles. The van der Waals surface area contributed by atoms with Gasteiger partial charge in [-0.05, 0) is 60.7 Å². The third-order valence-electron chi connectivity index (χ3n) is 4.75. The first kappa shape index (κ1) is 17.9. The first-order chi connectivity index (χ1) is 14.3. The highest BCUT2D eigenvalue weighted by Crippen LogP contribution is 2.53. The van der Waals surface area contributed by atoms with Crippen molar-refractivity contribution in [2.45, 2.75) is 19.6 Å². The maximum absolute atomic E-state index is 9.05. The van der Waals surface area contributed by atoms with Crippen LogP contribution in [0.4, 0.5) is 17.1 Å². The van der Waals surface area contributed by atoms with E-state index in [1.807, 2.05) is 36.0 Å². The number of benzene rings is 4. The van der Waals surface area contributed by atoms with Gasteiger partial charge in [-0.1, -0.05) is 59.9 Å². The van der Waals surface area contributed by atoms with Gasteiger partial charge in [-0.25, -0.2) is 0 Å². The van der Waals surface area contributed by atoms with Crippen LogP contribution in [0, 0.1) is 11.3 Å². The van der Waals surface area contributed by atoms with Gasteiger partial charge in [-0.15, -0.1) is 0 Å². The molecule has 0 aromatic heterocycles. The predicted molar refractivity (Wildman–Crippen MR) is 121 cm³/mol. The van der Waals surface area contributed by atoms with Crippen LogP contribution in [0.15, 0.2) is 117 Å². The van der Waals surface area contributed by atoms with Crippen molar-refractivity contribution < 1.29 is 0 Å². The van der Waals surface area contributed by atoms with Crippen LogP contribution in [0.3, 0.4) is 0 Å². The summed E-state index contributed by atoms with van der Waals surface area (Å²) in [5.74, 6) is 0. The molecule has 0 bridgehead atoms. The second-order valence-corrected chi connectivity index (χ2v) is 8.78. The van der Waals surface area contributed by atoms with Crippen LogP contribution >= 0.6 is 23.5 Å². The molecule has 0 N–H and O–H groups in total. The minimum Gasteiger partial charge on any atom is -0.307 e. The Labute approximate surface area is 178 Å². The summed E-state index contributed by atoms with van der Waals surface area (Å²) in [7, 11) is 0. The van der Waals surface area contributed by atoms with Crippen molar-refractivity contribution in [2.75, 3.05) is 4.90 Å². The molecule has 0 spiro atoms. The van der Waals surface area contributed by atoms with Gasteiger partial charge < -0.3 is 4.90 Å². The molecule has 4 heteroatoms. The van der Waals surface area contributed by atoms with E-state index in [-0.39, 0.29) is 0 Å². The normalized spacial score (nSPS) is 12.0. The van der Waals surface area contributed by atoms with Gasteiger partial charge in [0.25, 0.3) is 0 Å². The van der Waals surface area contributed by atoms with E-state index in [9.17, 15) is 0 Å². The lowest BCUT2D eigenvalue weighted by Crippen LogP contribution is -2.15. The Balaban J connectivity index is 1.63. The van der Waals surface area contributed by atoms with Crippen LogP contribution in [0.25, 0.3) is 0 Å². The number of nitriles is 1. The second kappa shape index (κ2) is 7.71. The Kier molecular flexibility index (Phi) is 4.77. The van der Waals surface area contributed by atoms with E-state index in [1.54, 1.807) is 11.8 Å². The molecular weight excluding hydrogens is 392 g/mol. The van der Waals surface area contributed by atoms with Crippen LogP contribution in [0.2, 0.25) is 0 Å². The van der Waals surface area contributed by atoms with Crippen molar-refractivity contribution in [1.82, 2.24) is 0 Å². The topological polar surface area (TPSA) is 27.0 Å². The average molecular weight is 409 g/mol. The number of nitrogens with zero attached hydrogens (tertiary/aromatic N) is 2. The fourth-order valence-electron chi connectivity index (χ4n) is 3.42. The molecule has 4 aromatic rings. The summed E-state index contributed by atoms with van der Waals surface area (Å²) in [4.78, 5) is 7.15. The van der Waals surface area contributed by atoms with Gasteiger partial charge in [0.1, 0.15) is 0 Å². The third kappa shape index (κ3) is 3.40. The van der Waals surface area contributed by atoms with Crippen LogP contribution < -0.4 is 4.90 Å². The molecule has 0 unspecified atom stereocenters. The van der Waals surface area contributed by atoms with E-state index in [0.29, 0.717) is 5.56 Å². The van der Waals surface area contributed by atoms with E-state index in [0.717, 1.165) is 10.6 Å². The fourth-order valence-corrected chi connectivity index (χ4v) is 5.41. The lowest BCUT2D eigenvalue weighted by Gasteiger charge is -2.33. The quantitative estimate of drug-likeness (QED) is 0.306. The van der Waals surface area contributed by atoms with E-state index in [2.05, 4.69) is 83.8 Å². The van der Waals surface area contributed by atoms with Crippen LogP contribution in [0.5, 0.6) is 0 Å². The highest BCUT2D eigenvalue weighted by Gasteiger charge is 2.25. The minimum absolute atomic E-state index is 0.679. The van der Waals surface area contributed by atoms with E-state index < -0.39 is 0 Å².